The summed E-state index contributed by atoms with van der Waals surface area (Å²) < 4.78 is 0. The van der Waals surface area contributed by atoms with Gasteiger partial charge in [-0.1, -0.05) is 12.1 Å². The van der Waals surface area contributed by atoms with E-state index in [0.717, 1.165) is 16.8 Å². The van der Waals surface area contributed by atoms with E-state index in [1.807, 2.05) is 25.1 Å². The van der Waals surface area contributed by atoms with Crippen LogP contribution in [0.1, 0.15) is 11.1 Å². The van der Waals surface area contributed by atoms with Crippen LogP contribution in [-0.2, 0) is 11.3 Å². The third-order valence-electron chi connectivity index (χ3n) is 1.67. The number of isocyanates is 1. The quantitative estimate of drug-likeness (QED) is 0.406. The molecule has 1 aromatic carbocycles. The Morgan fingerprint density at radius 1 is 1.58 bits per heavy atom. The Kier molecular flexibility index (Phi) is 2.62. The van der Waals surface area contributed by atoms with Crippen LogP contribution < -0.4 is 5.73 Å². The highest BCUT2D eigenvalue weighted by atomic mass is 16.1. The molecule has 0 spiro atoms. The normalized spacial score (nSPS) is 9.08. The smallest absolute Gasteiger partial charge is 0.235 e. The maximum atomic E-state index is 9.81. The molecule has 0 amide bonds. The Bertz CT molecular complexity index is 327. The molecule has 3 heteroatoms. The molecule has 1 rings (SSSR count). The molecule has 12 heavy (non-hydrogen) atoms. The number of hydrogen-bond acceptors (Lipinski definition) is 3. The van der Waals surface area contributed by atoms with Crippen LogP contribution in [-0.4, -0.2) is 6.08 Å². The summed E-state index contributed by atoms with van der Waals surface area (Å²) in [6.45, 7) is 2.29. The first-order valence-electron chi connectivity index (χ1n) is 3.62. The summed E-state index contributed by atoms with van der Waals surface area (Å²) in [5.74, 6) is 0. The van der Waals surface area contributed by atoms with Gasteiger partial charge in [0.25, 0.3) is 0 Å². The molecule has 0 aromatic heterocycles. The molecule has 1 aromatic rings. The molecule has 0 radical (unpaired) electrons. The number of rotatable bonds is 2. The zero-order chi connectivity index (χ0) is 8.97. The summed E-state index contributed by atoms with van der Waals surface area (Å²) >= 11 is 0. The van der Waals surface area contributed by atoms with Gasteiger partial charge in [0.2, 0.25) is 6.08 Å². The summed E-state index contributed by atoms with van der Waals surface area (Å²) in [5, 5.41) is 0. The minimum Gasteiger partial charge on any atom is -0.399 e. The number of benzene rings is 1. The molecule has 0 fully saturated rings. The predicted octanol–water partition coefficient (Wildman–Crippen LogP) is 1.41. The molecular formula is C9H10N2O. The van der Waals surface area contributed by atoms with Crippen molar-refractivity contribution in [3.63, 3.8) is 0 Å². The lowest BCUT2D eigenvalue weighted by molar-refractivity contribution is 0.563. The first-order chi connectivity index (χ1) is 5.74. The van der Waals surface area contributed by atoms with Gasteiger partial charge in [-0.25, -0.2) is 9.79 Å². The van der Waals surface area contributed by atoms with E-state index in [9.17, 15) is 4.79 Å². The predicted molar refractivity (Wildman–Crippen MR) is 47.4 cm³/mol. The van der Waals surface area contributed by atoms with Crippen molar-refractivity contribution in [1.82, 2.24) is 0 Å². The van der Waals surface area contributed by atoms with E-state index >= 15 is 0 Å². The van der Waals surface area contributed by atoms with Crippen molar-refractivity contribution in [2.75, 3.05) is 5.73 Å². The Hall–Kier alpha value is -1.60. The number of aryl methyl sites for hydroxylation is 1. The fourth-order valence-electron chi connectivity index (χ4n) is 0.912. The molecule has 2 N–H and O–H groups in total. The first-order valence-corrected chi connectivity index (χ1v) is 3.62. The van der Waals surface area contributed by atoms with Crippen LogP contribution in [0.3, 0.4) is 0 Å². The maximum absolute atomic E-state index is 9.81. The number of aliphatic imine (C=N–C) groups is 1. The second-order valence-corrected chi connectivity index (χ2v) is 2.60. The van der Waals surface area contributed by atoms with Gasteiger partial charge in [0.1, 0.15) is 0 Å². The van der Waals surface area contributed by atoms with Gasteiger partial charge in [-0.05, 0) is 24.1 Å². The molecule has 0 saturated heterocycles. The van der Waals surface area contributed by atoms with Crippen LogP contribution in [0, 0.1) is 6.92 Å². The largest absolute Gasteiger partial charge is 0.399 e. The summed E-state index contributed by atoms with van der Waals surface area (Å²) in [5.41, 5.74) is 8.35. The van der Waals surface area contributed by atoms with Crippen molar-refractivity contribution in [1.29, 1.82) is 0 Å². The minimum absolute atomic E-state index is 0.355. The molecule has 0 heterocycles. The average Bonchev–Trinajstić information content (AvgIpc) is 2.07. The molecule has 0 unspecified atom stereocenters. The number of nitrogen functional groups attached to an aromatic ring is 1. The van der Waals surface area contributed by atoms with Crippen molar-refractivity contribution >= 4 is 11.8 Å². The molecule has 0 aliphatic rings. The van der Waals surface area contributed by atoms with E-state index in [4.69, 9.17) is 5.73 Å². The molecule has 62 valence electrons. The monoisotopic (exact) mass is 162 g/mol. The lowest BCUT2D eigenvalue weighted by Crippen LogP contribution is -1.91. The van der Waals surface area contributed by atoms with Gasteiger partial charge >= 0.3 is 0 Å². The fraction of sp³-hybridized carbons (Fsp3) is 0.222. The van der Waals surface area contributed by atoms with Gasteiger partial charge in [0.05, 0.1) is 6.54 Å². The van der Waals surface area contributed by atoms with Crippen LogP contribution in [0.5, 0.6) is 0 Å². The third kappa shape index (κ3) is 1.94. The standard InChI is InChI=1S/C9H10N2O/c1-7-2-3-8(4-9(7)10)5-11-6-12/h2-4H,5,10H2,1H3. The molecule has 0 saturated carbocycles. The number of nitrogens with two attached hydrogens (primary N) is 1. The fourth-order valence-corrected chi connectivity index (χ4v) is 0.912. The molecule has 0 aliphatic heterocycles. The summed E-state index contributed by atoms with van der Waals surface area (Å²) in [4.78, 5) is 13.3. The summed E-state index contributed by atoms with van der Waals surface area (Å²) in [6.07, 6.45) is 1.48. The van der Waals surface area contributed by atoms with Crippen LogP contribution >= 0.6 is 0 Å². The molecule has 3 nitrogen and oxygen atoms in total. The minimum atomic E-state index is 0.355. The van der Waals surface area contributed by atoms with Gasteiger partial charge in [0.15, 0.2) is 0 Å². The highest BCUT2D eigenvalue weighted by Crippen LogP contribution is 2.13. The van der Waals surface area contributed by atoms with Crippen molar-refractivity contribution < 1.29 is 4.79 Å². The zero-order valence-electron chi connectivity index (χ0n) is 6.87. The maximum Gasteiger partial charge on any atom is 0.235 e. The summed E-state index contributed by atoms with van der Waals surface area (Å²) in [7, 11) is 0. The van der Waals surface area contributed by atoms with Crippen molar-refractivity contribution in [2.24, 2.45) is 4.99 Å². The first kappa shape index (κ1) is 8.50. The zero-order valence-corrected chi connectivity index (χ0v) is 6.87. The highest BCUT2D eigenvalue weighted by Gasteiger charge is 1.94. The molecule has 0 atom stereocenters. The van der Waals surface area contributed by atoms with E-state index in [2.05, 4.69) is 4.99 Å². The van der Waals surface area contributed by atoms with E-state index in [1.165, 1.54) is 6.08 Å². The average molecular weight is 162 g/mol. The van der Waals surface area contributed by atoms with Crippen LogP contribution in [0.2, 0.25) is 0 Å². The Labute approximate surface area is 70.9 Å². The number of anilines is 1. The SMILES string of the molecule is Cc1ccc(CN=C=O)cc1N. The van der Waals surface area contributed by atoms with Gasteiger partial charge in [-0.3, -0.25) is 0 Å². The second kappa shape index (κ2) is 3.69. The van der Waals surface area contributed by atoms with Crippen molar-refractivity contribution in [2.45, 2.75) is 13.5 Å². The molecular weight excluding hydrogens is 152 g/mol. The number of carbonyl (C=O) groups excluding carboxylic acids is 1. The topological polar surface area (TPSA) is 55.5 Å². The van der Waals surface area contributed by atoms with Gasteiger partial charge in [-0.15, -0.1) is 0 Å². The van der Waals surface area contributed by atoms with Gasteiger partial charge in [0, 0.05) is 5.69 Å². The second-order valence-electron chi connectivity index (χ2n) is 2.60. The third-order valence-corrected chi connectivity index (χ3v) is 1.67. The van der Waals surface area contributed by atoms with Gasteiger partial charge < -0.3 is 5.73 Å². The Morgan fingerprint density at radius 3 is 2.92 bits per heavy atom. The molecule has 0 bridgehead atoms. The van der Waals surface area contributed by atoms with Crippen molar-refractivity contribution in [3.8, 4) is 0 Å². The van der Waals surface area contributed by atoms with Crippen LogP contribution in [0.4, 0.5) is 5.69 Å². The van der Waals surface area contributed by atoms with E-state index < -0.39 is 0 Å². The van der Waals surface area contributed by atoms with Crippen LogP contribution in [0.25, 0.3) is 0 Å². The highest BCUT2D eigenvalue weighted by molar-refractivity contribution is 5.48. The lowest BCUT2D eigenvalue weighted by atomic mass is 10.1. The van der Waals surface area contributed by atoms with Crippen LogP contribution in [0.15, 0.2) is 23.2 Å². The Morgan fingerprint density at radius 2 is 2.33 bits per heavy atom. The van der Waals surface area contributed by atoms with Crippen molar-refractivity contribution in [3.05, 3.63) is 29.3 Å². The van der Waals surface area contributed by atoms with Gasteiger partial charge in [-0.2, -0.15) is 0 Å². The lowest BCUT2D eigenvalue weighted by Gasteiger charge is -2.00. The molecule has 0 aliphatic carbocycles. The Balaban J connectivity index is 2.89. The van der Waals surface area contributed by atoms with E-state index in [-0.39, 0.29) is 0 Å². The summed E-state index contributed by atoms with van der Waals surface area (Å²) in [6, 6.07) is 5.62. The van der Waals surface area contributed by atoms with E-state index in [1.54, 1.807) is 0 Å². The van der Waals surface area contributed by atoms with E-state index in [0.29, 0.717) is 6.54 Å². The number of hydrogen-bond donors (Lipinski definition) is 1. The number of nitrogens with zero attached hydrogens (tertiary/aromatic N) is 1.